The number of sulfone groups is 1. The number of nitrogens with zero attached hydrogens (tertiary/aromatic N) is 1. The summed E-state index contributed by atoms with van der Waals surface area (Å²) < 4.78 is 30.0. The van der Waals surface area contributed by atoms with Gasteiger partial charge >= 0.3 is 0 Å². The smallest absolute Gasteiger partial charge is 0.191 e. The van der Waals surface area contributed by atoms with E-state index >= 15 is 0 Å². The molecule has 0 aromatic heterocycles. The molecule has 0 atom stereocenters. The highest BCUT2D eigenvalue weighted by atomic mass is 127. The fourth-order valence-electron chi connectivity index (χ4n) is 2.07. The lowest BCUT2D eigenvalue weighted by atomic mass is 10.2. The molecular weight excluding hydrogens is 465 g/mol. The molecule has 0 aliphatic rings. The molecule has 150 valence electrons. The summed E-state index contributed by atoms with van der Waals surface area (Å²) in [5.41, 5.74) is 0. The highest BCUT2D eigenvalue weighted by Crippen LogP contribution is 2.09. The fraction of sp³-hybridized carbons (Fsp3) is 0.611. The quantitative estimate of drug-likeness (QED) is 0.213. The normalized spacial score (nSPS) is 11.9. The van der Waals surface area contributed by atoms with Gasteiger partial charge in [-0.1, -0.05) is 32.0 Å². The summed E-state index contributed by atoms with van der Waals surface area (Å²) in [6.07, 6.45) is 0.839. The van der Waals surface area contributed by atoms with Crippen molar-refractivity contribution in [1.29, 1.82) is 0 Å². The van der Waals surface area contributed by atoms with Crippen LogP contribution in [0.1, 0.15) is 27.2 Å². The highest BCUT2D eigenvalue weighted by molar-refractivity contribution is 14.0. The average Bonchev–Trinajstić information content (AvgIpc) is 2.58. The van der Waals surface area contributed by atoms with Gasteiger partial charge in [0.1, 0.15) is 0 Å². The van der Waals surface area contributed by atoms with Crippen LogP contribution in [0.3, 0.4) is 0 Å². The Morgan fingerprint density at radius 2 is 1.88 bits per heavy atom. The van der Waals surface area contributed by atoms with E-state index in [0.29, 0.717) is 36.5 Å². The Bertz CT molecular complexity index is 607. The van der Waals surface area contributed by atoms with Crippen molar-refractivity contribution in [1.82, 2.24) is 10.6 Å². The Labute approximate surface area is 175 Å². The van der Waals surface area contributed by atoms with Crippen molar-refractivity contribution in [2.75, 3.05) is 38.6 Å². The maximum Gasteiger partial charge on any atom is 0.191 e. The van der Waals surface area contributed by atoms with Crippen molar-refractivity contribution < 1.29 is 13.2 Å². The summed E-state index contributed by atoms with van der Waals surface area (Å²) >= 11 is 0. The van der Waals surface area contributed by atoms with Crippen molar-refractivity contribution in [3.8, 4) is 0 Å². The number of ether oxygens (including phenoxy) is 1. The molecule has 6 nitrogen and oxygen atoms in total. The molecule has 8 heteroatoms. The van der Waals surface area contributed by atoms with E-state index in [1.165, 1.54) is 0 Å². The van der Waals surface area contributed by atoms with Crippen LogP contribution >= 0.6 is 24.0 Å². The van der Waals surface area contributed by atoms with Gasteiger partial charge in [-0.15, -0.1) is 24.0 Å². The molecule has 26 heavy (non-hydrogen) atoms. The second-order valence-corrected chi connectivity index (χ2v) is 8.25. The van der Waals surface area contributed by atoms with Gasteiger partial charge in [0.2, 0.25) is 0 Å². The number of rotatable bonds is 11. The molecule has 2 N–H and O–H groups in total. The zero-order valence-electron chi connectivity index (χ0n) is 15.9. The summed E-state index contributed by atoms with van der Waals surface area (Å²) in [6, 6.07) is 8.50. The topological polar surface area (TPSA) is 79.8 Å². The lowest BCUT2D eigenvalue weighted by Crippen LogP contribution is -2.39. The van der Waals surface area contributed by atoms with Crippen molar-refractivity contribution in [3.05, 3.63) is 30.3 Å². The fourth-order valence-corrected chi connectivity index (χ4v) is 3.25. The van der Waals surface area contributed by atoms with Crippen molar-refractivity contribution >= 4 is 39.8 Å². The van der Waals surface area contributed by atoms with Crippen molar-refractivity contribution in [2.45, 2.75) is 32.1 Å². The van der Waals surface area contributed by atoms with Gasteiger partial charge in [0.05, 0.1) is 10.6 Å². The van der Waals surface area contributed by atoms with Crippen LogP contribution in [0.5, 0.6) is 0 Å². The first kappa shape index (κ1) is 25.1. The third kappa shape index (κ3) is 11.0. The molecule has 0 saturated carbocycles. The van der Waals surface area contributed by atoms with Gasteiger partial charge in [0, 0.05) is 32.8 Å². The standard InChI is InChI=1S/C18H31N3O3S.HI/c1-4-19-18(20-11-8-13-24-15-16(2)3)21-12-14-25(22,23)17-9-6-5-7-10-17;/h5-7,9-10,16H,4,8,11-15H2,1-3H3,(H2,19,20,21);1H. The highest BCUT2D eigenvalue weighted by Gasteiger charge is 2.13. The van der Waals surface area contributed by atoms with Gasteiger partial charge in [0.25, 0.3) is 0 Å². The molecule has 0 saturated heterocycles. The van der Waals surface area contributed by atoms with Crippen LogP contribution in [0, 0.1) is 5.92 Å². The number of hydrogen-bond acceptors (Lipinski definition) is 4. The van der Waals surface area contributed by atoms with E-state index < -0.39 is 9.84 Å². The SMILES string of the molecule is CCNC(=NCCCOCC(C)C)NCCS(=O)(=O)c1ccccc1.I. The van der Waals surface area contributed by atoms with Gasteiger partial charge < -0.3 is 15.4 Å². The molecule has 1 aromatic rings. The lowest BCUT2D eigenvalue weighted by molar-refractivity contribution is 0.109. The zero-order valence-corrected chi connectivity index (χ0v) is 19.0. The number of hydrogen-bond donors (Lipinski definition) is 2. The van der Waals surface area contributed by atoms with Gasteiger partial charge in [-0.3, -0.25) is 4.99 Å². The first-order chi connectivity index (χ1) is 12.0. The molecule has 0 spiro atoms. The maximum atomic E-state index is 12.2. The Morgan fingerprint density at radius 3 is 2.50 bits per heavy atom. The van der Waals surface area contributed by atoms with Crippen molar-refractivity contribution in [2.24, 2.45) is 10.9 Å². The summed E-state index contributed by atoms with van der Waals surface area (Å²) in [5, 5.41) is 6.20. The lowest BCUT2D eigenvalue weighted by Gasteiger charge is -2.12. The van der Waals surface area contributed by atoms with Crippen LogP contribution in [0.15, 0.2) is 40.2 Å². The van der Waals surface area contributed by atoms with Gasteiger partial charge in [-0.25, -0.2) is 8.42 Å². The first-order valence-electron chi connectivity index (χ1n) is 8.83. The number of aliphatic imine (C=N–C) groups is 1. The monoisotopic (exact) mass is 497 g/mol. The minimum Gasteiger partial charge on any atom is -0.381 e. The molecule has 0 heterocycles. The molecule has 0 unspecified atom stereocenters. The predicted molar refractivity (Wildman–Crippen MR) is 118 cm³/mol. The van der Waals surface area contributed by atoms with Crippen LogP contribution in [-0.4, -0.2) is 53.0 Å². The number of benzene rings is 1. The van der Waals surface area contributed by atoms with E-state index in [1.807, 2.05) is 6.92 Å². The zero-order chi connectivity index (χ0) is 18.5. The second kappa shape index (κ2) is 14.2. The Morgan fingerprint density at radius 1 is 1.19 bits per heavy atom. The number of guanidine groups is 1. The molecule has 0 fully saturated rings. The third-order valence-corrected chi connectivity index (χ3v) is 5.01. The summed E-state index contributed by atoms with van der Waals surface area (Å²) in [5.74, 6) is 1.20. The molecule has 1 rings (SSSR count). The molecule has 0 aliphatic heterocycles. The predicted octanol–water partition coefficient (Wildman–Crippen LogP) is 2.70. The van der Waals surface area contributed by atoms with E-state index in [4.69, 9.17) is 4.74 Å². The van der Waals surface area contributed by atoms with Crippen LogP contribution < -0.4 is 10.6 Å². The summed E-state index contributed by atoms with van der Waals surface area (Å²) in [6.45, 7) is 9.34. The van der Waals surface area contributed by atoms with E-state index in [1.54, 1.807) is 30.3 Å². The number of nitrogens with one attached hydrogen (secondary N) is 2. The Hall–Kier alpha value is -0.870. The Balaban J connectivity index is 0.00000625. The summed E-state index contributed by atoms with van der Waals surface area (Å²) in [4.78, 5) is 4.79. The minimum atomic E-state index is -3.28. The first-order valence-corrected chi connectivity index (χ1v) is 10.5. The van der Waals surface area contributed by atoms with Crippen LogP contribution in [0.2, 0.25) is 0 Å². The minimum absolute atomic E-state index is 0. The van der Waals surface area contributed by atoms with Crippen LogP contribution in [0.4, 0.5) is 0 Å². The average molecular weight is 497 g/mol. The van der Waals surface area contributed by atoms with Gasteiger partial charge in [0.15, 0.2) is 15.8 Å². The second-order valence-electron chi connectivity index (χ2n) is 6.14. The van der Waals surface area contributed by atoms with E-state index in [-0.39, 0.29) is 29.7 Å². The third-order valence-electron chi connectivity index (χ3n) is 3.28. The summed E-state index contributed by atoms with van der Waals surface area (Å²) in [7, 11) is -3.28. The molecule has 1 aromatic carbocycles. The molecule has 0 amide bonds. The van der Waals surface area contributed by atoms with Gasteiger partial charge in [-0.2, -0.15) is 0 Å². The van der Waals surface area contributed by atoms with E-state index in [2.05, 4.69) is 29.5 Å². The molecule has 0 aliphatic carbocycles. The Kier molecular flexibility index (Phi) is 13.7. The molecule has 0 bridgehead atoms. The van der Waals surface area contributed by atoms with E-state index in [0.717, 1.165) is 19.6 Å². The van der Waals surface area contributed by atoms with Crippen LogP contribution in [-0.2, 0) is 14.6 Å². The maximum absolute atomic E-state index is 12.2. The van der Waals surface area contributed by atoms with Crippen molar-refractivity contribution in [3.63, 3.8) is 0 Å². The van der Waals surface area contributed by atoms with E-state index in [9.17, 15) is 8.42 Å². The van der Waals surface area contributed by atoms with Gasteiger partial charge in [-0.05, 0) is 31.4 Å². The number of halogens is 1. The molecule has 0 radical (unpaired) electrons. The molecular formula is C18H32IN3O3S. The van der Waals surface area contributed by atoms with Crippen LogP contribution in [0.25, 0.3) is 0 Å². The largest absolute Gasteiger partial charge is 0.381 e.